The molecule has 2 bridgehead atoms. The van der Waals surface area contributed by atoms with Gasteiger partial charge in [-0.3, -0.25) is 4.79 Å². The minimum absolute atomic E-state index is 0.123. The first-order chi connectivity index (χ1) is 16.2. The molecule has 33 heavy (non-hydrogen) atoms. The van der Waals surface area contributed by atoms with Gasteiger partial charge in [0.15, 0.2) is 5.78 Å². The summed E-state index contributed by atoms with van der Waals surface area (Å²) >= 11 is 0. The third-order valence-electron chi connectivity index (χ3n) is 8.80. The van der Waals surface area contributed by atoms with E-state index < -0.39 is 0 Å². The van der Waals surface area contributed by atoms with Crippen molar-refractivity contribution in [3.8, 4) is 5.75 Å². The summed E-state index contributed by atoms with van der Waals surface area (Å²) in [6, 6.07) is 27.8. The number of Topliss-reactive ketones (excluding diaryl/α,β-unsaturated/α-hetero) is 1. The van der Waals surface area contributed by atoms with Gasteiger partial charge in [-0.25, -0.2) is 0 Å². The number of hydrogen-bond acceptors (Lipinski definition) is 3. The molecule has 3 aromatic carbocycles. The molecule has 0 radical (unpaired) electrons. The summed E-state index contributed by atoms with van der Waals surface area (Å²) in [7, 11) is 1.68. The third-order valence-corrected chi connectivity index (χ3v) is 8.80. The van der Waals surface area contributed by atoms with Crippen LogP contribution in [0.4, 0.5) is 0 Å². The van der Waals surface area contributed by atoms with E-state index in [9.17, 15) is 4.79 Å². The highest BCUT2D eigenvalue weighted by Crippen LogP contribution is 2.64. The Bertz CT molecular complexity index is 1190. The monoisotopic (exact) mass is 437 g/mol. The van der Waals surface area contributed by atoms with Crippen molar-refractivity contribution in [2.45, 2.75) is 43.1 Å². The van der Waals surface area contributed by atoms with Gasteiger partial charge in [0, 0.05) is 16.9 Å². The predicted molar refractivity (Wildman–Crippen MR) is 131 cm³/mol. The lowest BCUT2D eigenvalue weighted by atomic mass is 9.46. The summed E-state index contributed by atoms with van der Waals surface area (Å²) in [5.41, 5.74) is 5.16. The molecule has 1 N–H and O–H groups in total. The van der Waals surface area contributed by atoms with Gasteiger partial charge < -0.3 is 10.1 Å². The molecule has 0 aromatic heterocycles. The van der Waals surface area contributed by atoms with Crippen molar-refractivity contribution in [2.24, 2.45) is 11.8 Å². The van der Waals surface area contributed by atoms with Crippen LogP contribution in [-0.4, -0.2) is 25.5 Å². The average Bonchev–Trinajstić information content (AvgIpc) is 3.35. The van der Waals surface area contributed by atoms with Crippen LogP contribution in [0.25, 0.3) is 0 Å². The Morgan fingerprint density at radius 1 is 1.00 bits per heavy atom. The van der Waals surface area contributed by atoms with Crippen LogP contribution >= 0.6 is 0 Å². The van der Waals surface area contributed by atoms with Crippen LogP contribution in [0.15, 0.2) is 78.9 Å². The van der Waals surface area contributed by atoms with E-state index >= 15 is 0 Å². The van der Waals surface area contributed by atoms with Crippen LogP contribution in [0.5, 0.6) is 5.75 Å². The van der Waals surface area contributed by atoms with Crippen LogP contribution in [-0.2, 0) is 10.2 Å². The molecule has 1 saturated carbocycles. The lowest BCUT2D eigenvalue weighted by Gasteiger charge is -2.56. The summed E-state index contributed by atoms with van der Waals surface area (Å²) < 4.78 is 5.60. The number of carbonyl (C=O) groups excluding carboxylic acids is 1. The number of fused-ring (bicyclic) bond motifs is 1. The fraction of sp³-hybridized carbons (Fsp3) is 0.367. The number of carbonyl (C=O) groups is 1. The molecule has 1 heterocycles. The van der Waals surface area contributed by atoms with Gasteiger partial charge in [-0.2, -0.15) is 0 Å². The maximum absolute atomic E-state index is 14.1. The zero-order valence-electron chi connectivity index (χ0n) is 19.3. The molecule has 4 aliphatic rings. The molecule has 6 atom stereocenters. The number of nitrogens with one attached hydrogen (secondary N) is 1. The summed E-state index contributed by atoms with van der Waals surface area (Å²) in [5.74, 6) is 2.13. The number of rotatable bonds is 5. The highest BCUT2D eigenvalue weighted by atomic mass is 16.5. The second-order valence-electron chi connectivity index (χ2n) is 10.0. The Kier molecular flexibility index (Phi) is 4.92. The Morgan fingerprint density at radius 3 is 2.55 bits per heavy atom. The van der Waals surface area contributed by atoms with Gasteiger partial charge in [0.05, 0.1) is 13.2 Å². The van der Waals surface area contributed by atoms with Gasteiger partial charge in [0.25, 0.3) is 0 Å². The largest absolute Gasteiger partial charge is 0.496 e. The van der Waals surface area contributed by atoms with Gasteiger partial charge in [0.2, 0.25) is 0 Å². The summed E-state index contributed by atoms with van der Waals surface area (Å²) in [6.07, 6.45) is 2.30. The standard InChI is InChI=1S/C30H31NO2/c1-19(21-12-7-9-15-26(21)33-2)29(32)28-27-24(18-31-28)22-16-17-30(27,20-10-4-3-5-11-20)25-14-8-6-13-23(22)25/h3-15,19,22,24,27-28,31H,16-18H2,1-2H3. The van der Waals surface area contributed by atoms with E-state index in [1.807, 2.05) is 31.2 Å². The lowest BCUT2D eigenvalue weighted by Crippen LogP contribution is -2.55. The number of ketones is 1. The van der Waals surface area contributed by atoms with Gasteiger partial charge >= 0.3 is 0 Å². The Morgan fingerprint density at radius 2 is 1.73 bits per heavy atom. The van der Waals surface area contributed by atoms with Crippen molar-refractivity contribution in [3.63, 3.8) is 0 Å². The minimum atomic E-state index is -0.221. The molecule has 7 rings (SSSR count). The van der Waals surface area contributed by atoms with Crippen molar-refractivity contribution < 1.29 is 9.53 Å². The zero-order valence-corrected chi connectivity index (χ0v) is 19.3. The van der Waals surface area contributed by atoms with E-state index in [0.717, 1.165) is 24.3 Å². The number of ether oxygens (including phenoxy) is 1. The topological polar surface area (TPSA) is 38.3 Å². The van der Waals surface area contributed by atoms with Crippen molar-refractivity contribution in [1.82, 2.24) is 5.32 Å². The van der Waals surface area contributed by atoms with Gasteiger partial charge in [-0.1, -0.05) is 79.7 Å². The number of para-hydroxylation sites is 1. The van der Waals surface area contributed by atoms with Gasteiger partial charge in [-0.05, 0) is 59.9 Å². The van der Waals surface area contributed by atoms with Gasteiger partial charge in [-0.15, -0.1) is 0 Å². The average molecular weight is 438 g/mol. The molecule has 3 aromatic rings. The van der Waals surface area contributed by atoms with E-state index in [-0.39, 0.29) is 29.1 Å². The molecule has 0 amide bonds. The summed E-state index contributed by atoms with van der Waals surface area (Å²) in [4.78, 5) is 14.1. The Balaban J connectivity index is 1.47. The molecule has 1 aliphatic heterocycles. The normalized spacial score (nSPS) is 30.4. The molecular formula is C30H31NO2. The predicted octanol–water partition coefficient (Wildman–Crippen LogP) is 5.45. The molecule has 3 aliphatic carbocycles. The molecule has 1 saturated heterocycles. The maximum Gasteiger partial charge on any atom is 0.157 e. The second kappa shape index (κ2) is 7.85. The number of benzene rings is 3. The summed E-state index contributed by atoms with van der Waals surface area (Å²) in [5, 5.41) is 3.73. The fourth-order valence-corrected chi connectivity index (χ4v) is 7.45. The molecule has 0 spiro atoms. The fourth-order valence-electron chi connectivity index (χ4n) is 7.45. The van der Waals surface area contributed by atoms with Crippen molar-refractivity contribution >= 4 is 5.78 Å². The highest BCUT2D eigenvalue weighted by molar-refractivity contribution is 5.92. The zero-order chi connectivity index (χ0) is 22.6. The first-order valence-electron chi connectivity index (χ1n) is 12.2. The van der Waals surface area contributed by atoms with Crippen LogP contribution < -0.4 is 10.1 Å². The van der Waals surface area contributed by atoms with Crippen LogP contribution in [0.2, 0.25) is 0 Å². The number of methoxy groups -OCH3 is 1. The van der Waals surface area contributed by atoms with E-state index in [4.69, 9.17) is 4.74 Å². The van der Waals surface area contributed by atoms with Crippen LogP contribution in [0.1, 0.15) is 53.9 Å². The quantitative estimate of drug-likeness (QED) is 0.577. The minimum Gasteiger partial charge on any atom is -0.496 e. The van der Waals surface area contributed by atoms with Crippen LogP contribution in [0.3, 0.4) is 0 Å². The molecule has 3 heteroatoms. The molecule has 6 unspecified atom stereocenters. The highest BCUT2D eigenvalue weighted by Gasteiger charge is 2.62. The Labute approximate surface area is 196 Å². The van der Waals surface area contributed by atoms with E-state index in [0.29, 0.717) is 11.8 Å². The lowest BCUT2D eigenvalue weighted by molar-refractivity contribution is -0.124. The Hall–Kier alpha value is -2.91. The first-order valence-corrected chi connectivity index (χ1v) is 12.2. The third kappa shape index (κ3) is 2.88. The van der Waals surface area contributed by atoms with Gasteiger partial charge in [0.1, 0.15) is 5.75 Å². The van der Waals surface area contributed by atoms with Crippen molar-refractivity contribution in [2.75, 3.05) is 13.7 Å². The van der Waals surface area contributed by atoms with E-state index in [2.05, 4.69) is 59.9 Å². The van der Waals surface area contributed by atoms with E-state index in [1.165, 1.54) is 23.1 Å². The molecule has 168 valence electrons. The first kappa shape index (κ1) is 20.7. The molecule has 2 fully saturated rings. The van der Waals surface area contributed by atoms with Crippen molar-refractivity contribution in [3.05, 3.63) is 101 Å². The number of hydrogen-bond donors (Lipinski definition) is 1. The SMILES string of the molecule is COc1ccccc1C(C)C(=O)C1NCC2C3CCC(c4ccccc4)(c4ccccc43)C12. The van der Waals surface area contributed by atoms with E-state index in [1.54, 1.807) is 7.11 Å². The summed E-state index contributed by atoms with van der Waals surface area (Å²) in [6.45, 7) is 2.95. The van der Waals surface area contributed by atoms with Crippen molar-refractivity contribution in [1.29, 1.82) is 0 Å². The second-order valence-corrected chi connectivity index (χ2v) is 10.0. The maximum atomic E-state index is 14.1. The molecular weight excluding hydrogens is 406 g/mol. The molecule has 3 nitrogen and oxygen atoms in total. The smallest absolute Gasteiger partial charge is 0.157 e. The van der Waals surface area contributed by atoms with Crippen LogP contribution in [0, 0.1) is 11.8 Å².